The molecule has 54 valence electrons. The van der Waals surface area contributed by atoms with Gasteiger partial charge in [-0.2, -0.15) is 0 Å². The molecular weight excluding hydrogens is 130 g/mol. The van der Waals surface area contributed by atoms with Gasteiger partial charge in [0.25, 0.3) is 0 Å². The average molecular weight is 139 g/mol. The van der Waals surface area contributed by atoms with Crippen LogP contribution in [0.5, 0.6) is 5.75 Å². The van der Waals surface area contributed by atoms with E-state index in [1.165, 1.54) is 6.33 Å². The van der Waals surface area contributed by atoms with Crippen molar-refractivity contribution in [1.82, 2.24) is 15.3 Å². The monoisotopic (exact) mass is 139 g/mol. The summed E-state index contributed by atoms with van der Waals surface area (Å²) in [4.78, 5) is 7.55. The highest BCUT2D eigenvalue weighted by Gasteiger charge is 1.88. The van der Waals surface area contributed by atoms with Crippen LogP contribution in [0.25, 0.3) is 0 Å². The van der Waals surface area contributed by atoms with Crippen molar-refractivity contribution < 1.29 is 4.74 Å². The molecule has 4 heteroatoms. The Morgan fingerprint density at radius 3 is 2.80 bits per heavy atom. The number of rotatable bonds is 3. The third-order valence-corrected chi connectivity index (χ3v) is 0.920. The Morgan fingerprint density at radius 2 is 2.20 bits per heavy atom. The number of aromatic nitrogens is 2. The van der Waals surface area contributed by atoms with Crippen LogP contribution in [0.2, 0.25) is 0 Å². The summed E-state index contributed by atoms with van der Waals surface area (Å²) in [6.07, 6.45) is 4.70. The van der Waals surface area contributed by atoms with Gasteiger partial charge >= 0.3 is 0 Å². The molecule has 0 aliphatic heterocycles. The lowest BCUT2D eigenvalue weighted by molar-refractivity contribution is 0.293. The van der Waals surface area contributed by atoms with Crippen LogP contribution < -0.4 is 10.1 Å². The highest BCUT2D eigenvalue weighted by atomic mass is 16.5. The highest BCUT2D eigenvalue weighted by molar-refractivity contribution is 5.09. The van der Waals surface area contributed by atoms with Gasteiger partial charge in [0.15, 0.2) is 5.75 Å². The van der Waals surface area contributed by atoms with E-state index in [0.717, 1.165) is 0 Å². The quantitative estimate of drug-likeness (QED) is 0.600. The van der Waals surface area contributed by atoms with Crippen molar-refractivity contribution in [2.24, 2.45) is 0 Å². The van der Waals surface area contributed by atoms with Crippen molar-refractivity contribution in [2.45, 2.75) is 0 Å². The number of nitrogens with one attached hydrogen (secondary N) is 1. The summed E-state index contributed by atoms with van der Waals surface area (Å²) in [5.41, 5.74) is 0. The van der Waals surface area contributed by atoms with Gasteiger partial charge in [-0.05, 0) is 7.05 Å². The van der Waals surface area contributed by atoms with Crippen molar-refractivity contribution in [3.05, 3.63) is 18.7 Å². The van der Waals surface area contributed by atoms with Crippen LogP contribution in [-0.2, 0) is 0 Å². The lowest BCUT2D eigenvalue weighted by Gasteiger charge is -2.01. The largest absolute Gasteiger partial charge is 0.475 e. The Labute approximate surface area is 59.3 Å². The number of hydrogen-bond acceptors (Lipinski definition) is 4. The van der Waals surface area contributed by atoms with Crippen molar-refractivity contribution in [3.8, 4) is 5.75 Å². The van der Waals surface area contributed by atoms with E-state index in [0.29, 0.717) is 12.5 Å². The zero-order chi connectivity index (χ0) is 7.23. The van der Waals surface area contributed by atoms with E-state index in [-0.39, 0.29) is 0 Å². The summed E-state index contributed by atoms with van der Waals surface area (Å²) in [5, 5.41) is 2.84. The summed E-state index contributed by atoms with van der Waals surface area (Å²) in [6.45, 7) is 0.480. The minimum atomic E-state index is 0.480. The van der Waals surface area contributed by atoms with E-state index >= 15 is 0 Å². The Balaban J connectivity index is 2.43. The van der Waals surface area contributed by atoms with Crippen LogP contribution in [0.1, 0.15) is 0 Å². The van der Waals surface area contributed by atoms with Crippen molar-refractivity contribution in [3.63, 3.8) is 0 Å². The second-order valence-electron chi connectivity index (χ2n) is 1.72. The van der Waals surface area contributed by atoms with Gasteiger partial charge in [0, 0.05) is 0 Å². The molecule has 0 fully saturated rings. The van der Waals surface area contributed by atoms with E-state index in [4.69, 9.17) is 4.74 Å². The van der Waals surface area contributed by atoms with Crippen LogP contribution in [0, 0.1) is 0 Å². The van der Waals surface area contributed by atoms with E-state index < -0.39 is 0 Å². The van der Waals surface area contributed by atoms with E-state index in [1.54, 1.807) is 12.4 Å². The molecule has 1 aromatic heterocycles. The van der Waals surface area contributed by atoms with Crippen LogP contribution in [0.4, 0.5) is 0 Å². The number of hydrogen-bond donors (Lipinski definition) is 1. The minimum absolute atomic E-state index is 0.480. The van der Waals surface area contributed by atoms with Gasteiger partial charge in [0.05, 0.1) is 12.4 Å². The van der Waals surface area contributed by atoms with Gasteiger partial charge in [-0.25, -0.2) is 9.97 Å². The predicted octanol–water partition coefficient (Wildman–Crippen LogP) is 0.0323. The van der Waals surface area contributed by atoms with Gasteiger partial charge < -0.3 is 4.74 Å². The molecule has 0 bridgehead atoms. The molecule has 10 heavy (non-hydrogen) atoms. The molecule has 1 heterocycles. The third kappa shape index (κ3) is 1.99. The molecule has 0 atom stereocenters. The maximum absolute atomic E-state index is 5.12. The number of nitrogens with zero attached hydrogens (tertiary/aromatic N) is 2. The molecule has 1 rings (SSSR count). The summed E-state index contributed by atoms with van der Waals surface area (Å²) in [7, 11) is 1.81. The van der Waals surface area contributed by atoms with Crippen LogP contribution in [0.3, 0.4) is 0 Å². The van der Waals surface area contributed by atoms with Gasteiger partial charge in [-0.1, -0.05) is 0 Å². The Bertz CT molecular complexity index is 178. The summed E-state index contributed by atoms with van der Waals surface area (Å²) >= 11 is 0. The minimum Gasteiger partial charge on any atom is -0.475 e. The molecule has 1 aromatic rings. The Hall–Kier alpha value is -1.16. The SMILES string of the molecule is CNCOc1cncnc1. The second kappa shape index (κ2) is 3.79. The number of ether oxygens (including phenoxy) is 1. The topological polar surface area (TPSA) is 47.0 Å². The average Bonchev–Trinajstić information content (AvgIpc) is 2.03. The fourth-order valence-electron chi connectivity index (χ4n) is 0.515. The molecule has 0 spiro atoms. The molecule has 0 amide bonds. The first kappa shape index (κ1) is 6.95. The Kier molecular flexibility index (Phi) is 2.63. The van der Waals surface area contributed by atoms with Crippen LogP contribution in [0.15, 0.2) is 18.7 Å². The second-order valence-corrected chi connectivity index (χ2v) is 1.72. The van der Waals surface area contributed by atoms with Gasteiger partial charge in [-0.3, -0.25) is 5.32 Å². The zero-order valence-corrected chi connectivity index (χ0v) is 5.74. The zero-order valence-electron chi connectivity index (χ0n) is 5.74. The van der Waals surface area contributed by atoms with Crippen molar-refractivity contribution >= 4 is 0 Å². The van der Waals surface area contributed by atoms with Crippen molar-refractivity contribution in [1.29, 1.82) is 0 Å². The predicted molar refractivity (Wildman–Crippen MR) is 36.6 cm³/mol. The first-order valence-electron chi connectivity index (χ1n) is 2.96. The smallest absolute Gasteiger partial charge is 0.157 e. The molecule has 0 radical (unpaired) electrons. The third-order valence-electron chi connectivity index (χ3n) is 0.920. The first-order valence-corrected chi connectivity index (χ1v) is 2.96. The molecular formula is C6H9N3O. The standard InChI is InChI=1S/C6H9N3O/c1-7-5-10-6-2-8-4-9-3-6/h2-4,7H,5H2,1H3. The lowest BCUT2D eigenvalue weighted by Crippen LogP contribution is -2.14. The molecule has 0 aromatic carbocycles. The molecule has 1 N–H and O–H groups in total. The van der Waals surface area contributed by atoms with Crippen LogP contribution >= 0.6 is 0 Å². The summed E-state index contributed by atoms with van der Waals surface area (Å²) in [6, 6.07) is 0. The highest BCUT2D eigenvalue weighted by Crippen LogP contribution is 2.01. The Morgan fingerprint density at radius 1 is 1.50 bits per heavy atom. The molecule has 0 aliphatic rings. The van der Waals surface area contributed by atoms with E-state index in [1.807, 2.05) is 7.05 Å². The summed E-state index contributed by atoms with van der Waals surface area (Å²) in [5.74, 6) is 0.678. The molecule has 0 unspecified atom stereocenters. The first-order chi connectivity index (χ1) is 4.93. The molecule has 0 saturated carbocycles. The fourth-order valence-corrected chi connectivity index (χ4v) is 0.515. The van der Waals surface area contributed by atoms with Gasteiger partial charge in [0.2, 0.25) is 0 Å². The van der Waals surface area contributed by atoms with Crippen LogP contribution in [-0.4, -0.2) is 23.7 Å². The van der Waals surface area contributed by atoms with Crippen molar-refractivity contribution in [2.75, 3.05) is 13.8 Å². The molecule has 0 saturated heterocycles. The normalized spacial score (nSPS) is 9.30. The molecule has 0 aliphatic carbocycles. The van der Waals surface area contributed by atoms with Gasteiger partial charge in [-0.15, -0.1) is 0 Å². The van der Waals surface area contributed by atoms with E-state index in [2.05, 4.69) is 15.3 Å². The molecule has 4 nitrogen and oxygen atoms in total. The maximum Gasteiger partial charge on any atom is 0.157 e. The lowest BCUT2D eigenvalue weighted by atomic mass is 10.6. The van der Waals surface area contributed by atoms with E-state index in [9.17, 15) is 0 Å². The maximum atomic E-state index is 5.12. The fraction of sp³-hybridized carbons (Fsp3) is 0.333. The van der Waals surface area contributed by atoms with Gasteiger partial charge in [0.1, 0.15) is 13.1 Å². The summed E-state index contributed by atoms with van der Waals surface area (Å²) < 4.78 is 5.12.